The lowest BCUT2D eigenvalue weighted by atomic mass is 10.3. The number of nitrogens with one attached hydrogen (secondary N) is 1. The van der Waals surface area contributed by atoms with E-state index in [9.17, 15) is 4.79 Å². The summed E-state index contributed by atoms with van der Waals surface area (Å²) < 4.78 is 0. The fourth-order valence-electron chi connectivity index (χ4n) is 1.29. The summed E-state index contributed by atoms with van der Waals surface area (Å²) in [5.74, 6) is 0.127. The Morgan fingerprint density at radius 2 is 2.06 bits per heavy atom. The molecule has 0 radical (unpaired) electrons. The van der Waals surface area contributed by atoms with Gasteiger partial charge in [0.15, 0.2) is 0 Å². The summed E-state index contributed by atoms with van der Waals surface area (Å²) in [6.07, 6.45) is 2.16. The van der Waals surface area contributed by atoms with Crippen LogP contribution in [-0.4, -0.2) is 17.7 Å². The fourth-order valence-corrected chi connectivity index (χ4v) is 2.20. The molecule has 2 nitrogen and oxygen atoms in total. The van der Waals surface area contributed by atoms with Gasteiger partial charge in [0.25, 0.3) is 0 Å². The normalized spacial score (nSPS) is 12.1. The Morgan fingerprint density at radius 3 is 2.69 bits per heavy atom. The number of amides is 1. The van der Waals surface area contributed by atoms with Gasteiger partial charge in [-0.15, -0.1) is 11.8 Å². The summed E-state index contributed by atoms with van der Waals surface area (Å²) in [5.41, 5.74) is 0. The van der Waals surface area contributed by atoms with Crippen LogP contribution in [0.5, 0.6) is 0 Å². The molecule has 88 valence electrons. The molecule has 0 aliphatic heterocycles. The van der Waals surface area contributed by atoms with Crippen LogP contribution in [0.15, 0.2) is 35.2 Å². The van der Waals surface area contributed by atoms with Gasteiger partial charge < -0.3 is 5.32 Å². The lowest BCUT2D eigenvalue weighted by Crippen LogP contribution is -2.31. The largest absolute Gasteiger partial charge is 0.355 e. The van der Waals surface area contributed by atoms with Gasteiger partial charge in [-0.3, -0.25) is 4.79 Å². The number of hydrogen-bond acceptors (Lipinski definition) is 2. The number of carbonyl (C=O) groups excluding carboxylic acids is 1. The van der Waals surface area contributed by atoms with E-state index in [1.807, 2.05) is 37.3 Å². The fraction of sp³-hybridized carbons (Fsp3) is 0.462. The van der Waals surface area contributed by atoms with Crippen LogP contribution in [0, 0.1) is 0 Å². The predicted octanol–water partition coefficient (Wildman–Crippen LogP) is 3.08. The third-order valence-electron chi connectivity index (χ3n) is 2.25. The van der Waals surface area contributed by atoms with Crippen LogP contribution in [0.3, 0.4) is 0 Å². The molecule has 1 atom stereocenters. The first kappa shape index (κ1) is 13.1. The maximum Gasteiger partial charge on any atom is 0.233 e. The Bertz CT molecular complexity index is 313. The molecule has 0 saturated carbocycles. The van der Waals surface area contributed by atoms with Crippen molar-refractivity contribution in [2.75, 3.05) is 6.54 Å². The van der Waals surface area contributed by atoms with Crippen LogP contribution in [-0.2, 0) is 4.79 Å². The van der Waals surface area contributed by atoms with E-state index in [1.165, 1.54) is 0 Å². The van der Waals surface area contributed by atoms with E-state index in [2.05, 4.69) is 12.2 Å². The summed E-state index contributed by atoms with van der Waals surface area (Å²) >= 11 is 1.60. The number of carbonyl (C=O) groups is 1. The van der Waals surface area contributed by atoms with Gasteiger partial charge in [-0.1, -0.05) is 31.5 Å². The second-order valence-corrected chi connectivity index (χ2v) is 5.13. The number of rotatable bonds is 6. The van der Waals surface area contributed by atoms with E-state index >= 15 is 0 Å². The first-order valence-corrected chi connectivity index (χ1v) is 6.61. The minimum atomic E-state index is -0.0285. The SMILES string of the molecule is CCCCNC(=O)[C@@H](C)Sc1ccccc1. The lowest BCUT2D eigenvalue weighted by molar-refractivity contribution is -0.120. The average Bonchev–Trinajstić information content (AvgIpc) is 2.30. The highest BCUT2D eigenvalue weighted by Crippen LogP contribution is 2.22. The van der Waals surface area contributed by atoms with Crippen LogP contribution in [0.4, 0.5) is 0 Å². The molecule has 1 N–H and O–H groups in total. The number of hydrogen-bond donors (Lipinski definition) is 1. The molecule has 0 aliphatic carbocycles. The van der Waals surface area contributed by atoms with Crippen LogP contribution < -0.4 is 5.32 Å². The summed E-state index contributed by atoms with van der Waals surface area (Å²) in [6.45, 7) is 4.85. The highest BCUT2D eigenvalue weighted by Gasteiger charge is 2.12. The first-order valence-electron chi connectivity index (χ1n) is 5.73. The van der Waals surface area contributed by atoms with Gasteiger partial charge in [-0.05, 0) is 25.5 Å². The summed E-state index contributed by atoms with van der Waals surface area (Å²) in [6, 6.07) is 10.0. The first-order chi connectivity index (χ1) is 7.74. The number of benzene rings is 1. The van der Waals surface area contributed by atoms with Crippen molar-refractivity contribution in [1.82, 2.24) is 5.32 Å². The van der Waals surface area contributed by atoms with E-state index in [4.69, 9.17) is 0 Å². The Morgan fingerprint density at radius 1 is 1.38 bits per heavy atom. The van der Waals surface area contributed by atoms with Crippen LogP contribution in [0.25, 0.3) is 0 Å². The second kappa shape index (κ2) is 7.34. The van der Waals surface area contributed by atoms with E-state index in [0.717, 1.165) is 24.3 Å². The maximum atomic E-state index is 11.7. The van der Waals surface area contributed by atoms with Gasteiger partial charge in [-0.2, -0.15) is 0 Å². The Kier molecular flexibility index (Phi) is 6.01. The molecular weight excluding hydrogens is 218 g/mol. The third kappa shape index (κ3) is 4.71. The molecule has 1 amide bonds. The Labute approximate surface area is 102 Å². The topological polar surface area (TPSA) is 29.1 Å². The van der Waals surface area contributed by atoms with E-state index in [1.54, 1.807) is 11.8 Å². The van der Waals surface area contributed by atoms with E-state index in [-0.39, 0.29) is 11.2 Å². The summed E-state index contributed by atoms with van der Waals surface area (Å²) in [7, 11) is 0. The molecule has 0 aliphatic rings. The van der Waals surface area contributed by atoms with Crippen molar-refractivity contribution in [3.63, 3.8) is 0 Å². The number of thioether (sulfide) groups is 1. The van der Waals surface area contributed by atoms with Crippen molar-refractivity contribution in [3.8, 4) is 0 Å². The predicted molar refractivity (Wildman–Crippen MR) is 69.7 cm³/mol. The minimum Gasteiger partial charge on any atom is -0.355 e. The zero-order valence-electron chi connectivity index (χ0n) is 9.90. The number of unbranched alkanes of at least 4 members (excludes halogenated alkanes) is 1. The van der Waals surface area contributed by atoms with Crippen molar-refractivity contribution < 1.29 is 4.79 Å². The molecule has 1 aromatic carbocycles. The van der Waals surface area contributed by atoms with E-state index < -0.39 is 0 Å². The van der Waals surface area contributed by atoms with E-state index in [0.29, 0.717) is 0 Å². The molecular formula is C13H19NOS. The van der Waals surface area contributed by atoms with Crippen molar-refractivity contribution in [2.45, 2.75) is 36.8 Å². The van der Waals surface area contributed by atoms with Gasteiger partial charge in [0.05, 0.1) is 5.25 Å². The zero-order valence-corrected chi connectivity index (χ0v) is 10.7. The molecule has 0 fully saturated rings. The van der Waals surface area contributed by atoms with Gasteiger partial charge in [0.2, 0.25) is 5.91 Å². The molecule has 16 heavy (non-hydrogen) atoms. The monoisotopic (exact) mass is 237 g/mol. The molecule has 0 saturated heterocycles. The molecule has 0 aromatic heterocycles. The van der Waals surface area contributed by atoms with Crippen molar-refractivity contribution in [2.24, 2.45) is 0 Å². The molecule has 0 heterocycles. The van der Waals surface area contributed by atoms with Gasteiger partial charge in [0, 0.05) is 11.4 Å². The quantitative estimate of drug-likeness (QED) is 0.608. The average molecular weight is 237 g/mol. The third-order valence-corrected chi connectivity index (χ3v) is 3.37. The van der Waals surface area contributed by atoms with Crippen molar-refractivity contribution in [3.05, 3.63) is 30.3 Å². The van der Waals surface area contributed by atoms with Crippen LogP contribution >= 0.6 is 11.8 Å². The zero-order chi connectivity index (χ0) is 11.8. The summed E-state index contributed by atoms with van der Waals surface area (Å²) in [4.78, 5) is 12.8. The molecule has 1 aromatic rings. The highest BCUT2D eigenvalue weighted by molar-refractivity contribution is 8.00. The van der Waals surface area contributed by atoms with Gasteiger partial charge in [0.1, 0.15) is 0 Å². The lowest BCUT2D eigenvalue weighted by Gasteiger charge is -2.11. The maximum absolute atomic E-state index is 11.7. The molecule has 0 bridgehead atoms. The van der Waals surface area contributed by atoms with Crippen LogP contribution in [0.2, 0.25) is 0 Å². The smallest absolute Gasteiger partial charge is 0.233 e. The van der Waals surface area contributed by atoms with Gasteiger partial charge >= 0.3 is 0 Å². The highest BCUT2D eigenvalue weighted by atomic mass is 32.2. The molecule has 0 spiro atoms. The van der Waals surface area contributed by atoms with Crippen LogP contribution in [0.1, 0.15) is 26.7 Å². The minimum absolute atomic E-state index is 0.0285. The van der Waals surface area contributed by atoms with Crippen molar-refractivity contribution in [1.29, 1.82) is 0 Å². The molecule has 1 rings (SSSR count). The Hall–Kier alpha value is -0.960. The molecule has 0 unspecified atom stereocenters. The summed E-state index contributed by atoms with van der Waals surface area (Å²) in [5, 5.41) is 2.92. The Balaban J connectivity index is 2.34. The molecule has 3 heteroatoms. The van der Waals surface area contributed by atoms with Crippen molar-refractivity contribution >= 4 is 17.7 Å². The van der Waals surface area contributed by atoms with Gasteiger partial charge in [-0.25, -0.2) is 0 Å². The second-order valence-electron chi connectivity index (χ2n) is 3.72. The standard InChI is InChI=1S/C13H19NOS/c1-3-4-10-14-13(15)11(2)16-12-8-6-5-7-9-12/h5-9,11H,3-4,10H2,1-2H3,(H,14,15)/t11-/m1/s1.